The number of hydrogen-bond donors (Lipinski definition) is 0. The van der Waals surface area contributed by atoms with Crippen molar-refractivity contribution >= 4 is 33.4 Å². The van der Waals surface area contributed by atoms with E-state index in [9.17, 15) is 9.59 Å². The molecule has 1 aromatic carbocycles. The molecule has 2 saturated heterocycles. The number of aromatic nitrogens is 1. The second kappa shape index (κ2) is 7.44. The van der Waals surface area contributed by atoms with E-state index < -0.39 is 0 Å². The van der Waals surface area contributed by atoms with E-state index in [4.69, 9.17) is 4.98 Å². The number of thiazole rings is 1. The molecule has 1 aromatic heterocycles. The highest BCUT2D eigenvalue weighted by Gasteiger charge is 2.36. The molecule has 3 heterocycles. The van der Waals surface area contributed by atoms with Gasteiger partial charge in [-0.1, -0.05) is 12.1 Å². The summed E-state index contributed by atoms with van der Waals surface area (Å²) in [5.41, 5.74) is 1.05. The quantitative estimate of drug-likeness (QED) is 0.794. The van der Waals surface area contributed by atoms with Gasteiger partial charge < -0.3 is 9.80 Å². The Morgan fingerprint density at radius 3 is 2.50 bits per heavy atom. The van der Waals surface area contributed by atoms with Crippen LogP contribution < -0.4 is 0 Å². The van der Waals surface area contributed by atoms with Crippen LogP contribution in [0.4, 0.5) is 0 Å². The molecule has 2 aliphatic heterocycles. The molecule has 1 unspecified atom stereocenters. The standard InChI is InChI=1S/C21H26N4O2S/c26-19(23-10-12-24(13-11-23)21(27)15-7-8-15)14-25-9-3-5-17(25)20-22-16-4-1-2-6-18(16)28-20/h1-2,4,6,15,17H,3,5,7-14H2. The number of nitrogens with zero attached hydrogens (tertiary/aromatic N) is 4. The van der Waals surface area contributed by atoms with Gasteiger partial charge >= 0.3 is 0 Å². The minimum atomic E-state index is 0.187. The van der Waals surface area contributed by atoms with Crippen LogP contribution in [0.3, 0.4) is 0 Å². The predicted octanol–water partition coefficient (Wildman–Crippen LogP) is 2.51. The van der Waals surface area contributed by atoms with Crippen molar-refractivity contribution < 1.29 is 9.59 Å². The zero-order chi connectivity index (χ0) is 19.1. The number of likely N-dealkylation sites (tertiary alicyclic amines) is 1. The van der Waals surface area contributed by atoms with E-state index in [1.165, 1.54) is 4.70 Å². The Morgan fingerprint density at radius 1 is 1.00 bits per heavy atom. The molecule has 1 atom stereocenters. The van der Waals surface area contributed by atoms with Crippen molar-refractivity contribution in [3.8, 4) is 0 Å². The number of amides is 2. The van der Waals surface area contributed by atoms with E-state index in [2.05, 4.69) is 17.0 Å². The van der Waals surface area contributed by atoms with Gasteiger partial charge in [-0.15, -0.1) is 11.3 Å². The first-order chi connectivity index (χ1) is 13.7. The first-order valence-corrected chi connectivity index (χ1v) is 11.2. The van der Waals surface area contributed by atoms with Crippen LogP contribution in [0.5, 0.6) is 0 Å². The van der Waals surface area contributed by atoms with Gasteiger partial charge in [0.1, 0.15) is 5.01 Å². The van der Waals surface area contributed by atoms with Crippen LogP contribution in [0, 0.1) is 5.92 Å². The van der Waals surface area contributed by atoms with E-state index in [0.29, 0.717) is 38.6 Å². The molecule has 1 saturated carbocycles. The first-order valence-electron chi connectivity index (χ1n) is 10.3. The van der Waals surface area contributed by atoms with Crippen molar-refractivity contribution in [3.05, 3.63) is 29.3 Å². The summed E-state index contributed by atoms with van der Waals surface area (Å²) in [6.07, 6.45) is 4.26. The SMILES string of the molecule is O=C(CN1CCCC1c1nc2ccccc2s1)N1CCN(C(=O)C2CC2)CC1. The lowest BCUT2D eigenvalue weighted by Crippen LogP contribution is -2.52. The molecular weight excluding hydrogens is 372 g/mol. The summed E-state index contributed by atoms with van der Waals surface area (Å²) in [7, 11) is 0. The van der Waals surface area contributed by atoms with Gasteiger partial charge in [-0.05, 0) is 44.4 Å². The summed E-state index contributed by atoms with van der Waals surface area (Å²) in [4.78, 5) is 36.1. The minimum Gasteiger partial charge on any atom is -0.339 e. The van der Waals surface area contributed by atoms with E-state index in [0.717, 1.165) is 42.8 Å². The van der Waals surface area contributed by atoms with E-state index in [-0.39, 0.29) is 17.9 Å². The van der Waals surface area contributed by atoms with Crippen LogP contribution in [-0.2, 0) is 9.59 Å². The molecular formula is C21H26N4O2S. The van der Waals surface area contributed by atoms with Crippen LogP contribution in [0.25, 0.3) is 10.2 Å². The molecule has 2 amide bonds. The number of benzene rings is 1. The highest BCUT2D eigenvalue weighted by molar-refractivity contribution is 7.18. The Kier molecular flexibility index (Phi) is 4.80. The third-order valence-electron chi connectivity index (χ3n) is 6.17. The monoisotopic (exact) mass is 398 g/mol. The van der Waals surface area contributed by atoms with Crippen LogP contribution in [0.1, 0.15) is 36.7 Å². The summed E-state index contributed by atoms with van der Waals surface area (Å²) in [6.45, 7) is 4.10. The summed E-state index contributed by atoms with van der Waals surface area (Å²) < 4.78 is 1.21. The number of hydrogen-bond acceptors (Lipinski definition) is 5. The number of rotatable bonds is 4. The average molecular weight is 399 g/mol. The number of carbonyl (C=O) groups excluding carboxylic acids is 2. The fourth-order valence-corrected chi connectivity index (χ4v) is 5.50. The Hall–Kier alpha value is -1.99. The van der Waals surface area contributed by atoms with Crippen molar-refractivity contribution in [1.29, 1.82) is 0 Å². The van der Waals surface area contributed by atoms with E-state index >= 15 is 0 Å². The highest BCUT2D eigenvalue weighted by Crippen LogP contribution is 2.36. The van der Waals surface area contributed by atoms with Gasteiger partial charge in [0.2, 0.25) is 11.8 Å². The van der Waals surface area contributed by atoms with Crippen LogP contribution in [-0.4, -0.2) is 70.8 Å². The minimum absolute atomic E-state index is 0.187. The fourth-order valence-electron chi connectivity index (χ4n) is 4.37. The second-order valence-electron chi connectivity index (χ2n) is 8.13. The van der Waals surface area contributed by atoms with Gasteiger partial charge in [0, 0.05) is 32.1 Å². The first kappa shape index (κ1) is 18.1. The van der Waals surface area contributed by atoms with Crippen molar-refractivity contribution in [3.63, 3.8) is 0 Å². The molecule has 6 nitrogen and oxygen atoms in total. The topological polar surface area (TPSA) is 56.8 Å². The van der Waals surface area contributed by atoms with Crippen molar-refractivity contribution in [2.45, 2.75) is 31.7 Å². The number of para-hydroxylation sites is 1. The van der Waals surface area contributed by atoms with Crippen LogP contribution in [0.15, 0.2) is 24.3 Å². The lowest BCUT2D eigenvalue weighted by atomic mass is 10.2. The molecule has 0 bridgehead atoms. The normalized spacial score (nSPS) is 23.5. The maximum absolute atomic E-state index is 12.9. The summed E-state index contributed by atoms with van der Waals surface area (Å²) >= 11 is 1.75. The Morgan fingerprint density at radius 2 is 1.75 bits per heavy atom. The molecule has 0 N–H and O–H groups in total. The van der Waals surface area contributed by atoms with Crippen molar-refractivity contribution in [2.75, 3.05) is 39.3 Å². The number of piperazine rings is 1. The third-order valence-corrected chi connectivity index (χ3v) is 7.31. The van der Waals surface area contributed by atoms with Gasteiger partial charge in [0.15, 0.2) is 0 Å². The Labute approximate surface area is 169 Å². The maximum Gasteiger partial charge on any atom is 0.236 e. The molecule has 7 heteroatoms. The molecule has 28 heavy (non-hydrogen) atoms. The van der Waals surface area contributed by atoms with E-state index in [1.54, 1.807) is 11.3 Å². The molecule has 5 rings (SSSR count). The lowest BCUT2D eigenvalue weighted by molar-refractivity contribution is -0.141. The number of carbonyl (C=O) groups is 2. The smallest absolute Gasteiger partial charge is 0.236 e. The summed E-state index contributed by atoms with van der Waals surface area (Å²) in [5, 5.41) is 1.13. The van der Waals surface area contributed by atoms with Gasteiger partial charge in [-0.25, -0.2) is 4.98 Å². The maximum atomic E-state index is 12.9. The second-order valence-corrected chi connectivity index (χ2v) is 9.19. The van der Waals surface area contributed by atoms with E-state index in [1.807, 2.05) is 21.9 Å². The molecule has 0 spiro atoms. The average Bonchev–Trinajstić information content (AvgIpc) is 3.32. The van der Waals surface area contributed by atoms with Gasteiger partial charge in [0.05, 0.1) is 22.8 Å². The van der Waals surface area contributed by atoms with Crippen molar-refractivity contribution in [2.24, 2.45) is 5.92 Å². The van der Waals surface area contributed by atoms with Gasteiger partial charge in [0.25, 0.3) is 0 Å². The van der Waals surface area contributed by atoms with Crippen LogP contribution >= 0.6 is 11.3 Å². The Balaban J connectivity index is 1.20. The highest BCUT2D eigenvalue weighted by atomic mass is 32.1. The number of fused-ring (bicyclic) bond motifs is 1. The molecule has 3 fully saturated rings. The largest absolute Gasteiger partial charge is 0.339 e. The zero-order valence-corrected chi connectivity index (χ0v) is 16.9. The molecule has 3 aliphatic rings. The van der Waals surface area contributed by atoms with Crippen LogP contribution in [0.2, 0.25) is 0 Å². The molecule has 0 radical (unpaired) electrons. The zero-order valence-electron chi connectivity index (χ0n) is 16.0. The fraction of sp³-hybridized carbons (Fsp3) is 0.571. The van der Waals surface area contributed by atoms with Crippen molar-refractivity contribution in [1.82, 2.24) is 19.7 Å². The van der Waals surface area contributed by atoms with Gasteiger partial charge in [-0.3, -0.25) is 14.5 Å². The molecule has 2 aromatic rings. The van der Waals surface area contributed by atoms with Gasteiger partial charge in [-0.2, -0.15) is 0 Å². The molecule has 148 valence electrons. The Bertz CT molecular complexity index is 852. The molecule has 1 aliphatic carbocycles. The third kappa shape index (κ3) is 3.53. The lowest BCUT2D eigenvalue weighted by Gasteiger charge is -2.36. The summed E-state index contributed by atoms with van der Waals surface area (Å²) in [6, 6.07) is 8.49. The summed E-state index contributed by atoms with van der Waals surface area (Å²) in [5.74, 6) is 0.746. The predicted molar refractivity (Wildman–Crippen MR) is 109 cm³/mol.